The van der Waals surface area contributed by atoms with E-state index < -0.39 is 0 Å². The molecule has 4 heteroatoms. The number of hydrogen-bond acceptors (Lipinski definition) is 2. The summed E-state index contributed by atoms with van der Waals surface area (Å²) in [5, 5.41) is 13.8. The number of nitrogens with one attached hydrogen (secondary N) is 1. The van der Waals surface area contributed by atoms with Crippen LogP contribution in [0.1, 0.15) is 76.0 Å². The van der Waals surface area contributed by atoms with Crippen molar-refractivity contribution in [2.24, 2.45) is 0 Å². The quantitative estimate of drug-likeness (QED) is 0.518. The van der Waals surface area contributed by atoms with E-state index >= 15 is 0 Å². The van der Waals surface area contributed by atoms with Gasteiger partial charge in [0.1, 0.15) is 0 Å². The van der Waals surface area contributed by atoms with E-state index in [0.29, 0.717) is 17.8 Å². The van der Waals surface area contributed by atoms with E-state index in [0.717, 1.165) is 11.4 Å². The highest BCUT2D eigenvalue weighted by molar-refractivity contribution is 6.37. The Morgan fingerprint density at radius 2 is 1.20 bits per heavy atom. The molecule has 0 unspecified atom stereocenters. The van der Waals surface area contributed by atoms with Crippen molar-refractivity contribution in [1.29, 1.82) is 0 Å². The Bertz CT molecular complexity index is 714. The van der Waals surface area contributed by atoms with Crippen molar-refractivity contribution in [1.82, 2.24) is 0 Å². The zero-order valence-corrected chi connectivity index (χ0v) is 17.3. The van der Waals surface area contributed by atoms with E-state index in [1.807, 2.05) is 0 Å². The molecule has 0 saturated heterocycles. The van der Waals surface area contributed by atoms with Gasteiger partial charge in [-0.25, -0.2) is 0 Å². The molecular formula is C21H27Cl2NO. The van der Waals surface area contributed by atoms with Crippen LogP contribution in [0.15, 0.2) is 24.3 Å². The third-order valence-corrected chi connectivity index (χ3v) is 4.99. The number of rotatable bonds is 5. The van der Waals surface area contributed by atoms with E-state index in [1.165, 1.54) is 16.7 Å². The van der Waals surface area contributed by atoms with Gasteiger partial charge in [-0.3, -0.25) is 0 Å². The molecule has 25 heavy (non-hydrogen) atoms. The summed E-state index contributed by atoms with van der Waals surface area (Å²) < 4.78 is 0. The second-order valence-electron chi connectivity index (χ2n) is 7.45. The molecule has 0 heterocycles. The van der Waals surface area contributed by atoms with Crippen molar-refractivity contribution in [3.63, 3.8) is 0 Å². The lowest BCUT2D eigenvalue weighted by atomic mass is 9.87. The van der Waals surface area contributed by atoms with Crippen LogP contribution in [0.3, 0.4) is 0 Å². The van der Waals surface area contributed by atoms with Crippen molar-refractivity contribution in [3.8, 4) is 5.75 Å². The molecule has 0 aliphatic heterocycles. The zero-order valence-electron chi connectivity index (χ0n) is 15.7. The first-order valence-electron chi connectivity index (χ1n) is 8.74. The van der Waals surface area contributed by atoms with Crippen LogP contribution in [0.5, 0.6) is 5.75 Å². The van der Waals surface area contributed by atoms with Crippen LogP contribution in [0.2, 0.25) is 10.0 Å². The molecule has 136 valence electrons. The number of phenolic OH excluding ortho intramolecular Hbond substituents is 1. The van der Waals surface area contributed by atoms with Gasteiger partial charge >= 0.3 is 0 Å². The predicted molar refractivity (Wildman–Crippen MR) is 110 cm³/mol. The maximum Gasteiger partial charge on any atom is 0.152 e. The smallest absolute Gasteiger partial charge is 0.152 e. The van der Waals surface area contributed by atoms with Crippen LogP contribution in [0, 0.1) is 0 Å². The van der Waals surface area contributed by atoms with Gasteiger partial charge in [0, 0.05) is 11.4 Å². The third kappa shape index (κ3) is 4.43. The van der Waals surface area contributed by atoms with E-state index in [2.05, 4.69) is 59.0 Å². The Labute approximate surface area is 161 Å². The monoisotopic (exact) mass is 379 g/mol. The SMILES string of the molecule is CC(C)c1cc(C(C)C)c(Nc2cc(Cl)c(O)c(Cl)c2)c(C(C)C)c1. The molecule has 2 N–H and O–H groups in total. The maximum absolute atomic E-state index is 9.79. The van der Waals surface area contributed by atoms with Gasteiger partial charge in [0.2, 0.25) is 0 Å². The molecule has 0 fully saturated rings. The molecule has 0 spiro atoms. The number of halogens is 2. The lowest BCUT2D eigenvalue weighted by Crippen LogP contribution is -2.06. The highest BCUT2D eigenvalue weighted by Crippen LogP contribution is 2.40. The normalized spacial score (nSPS) is 11.6. The van der Waals surface area contributed by atoms with Crippen molar-refractivity contribution in [3.05, 3.63) is 51.0 Å². The lowest BCUT2D eigenvalue weighted by molar-refractivity contribution is 0.476. The molecular weight excluding hydrogens is 353 g/mol. The summed E-state index contributed by atoms with van der Waals surface area (Å²) in [5.74, 6) is 1.14. The minimum atomic E-state index is -0.0859. The maximum atomic E-state index is 9.79. The van der Waals surface area contributed by atoms with Gasteiger partial charge in [-0.15, -0.1) is 0 Å². The molecule has 2 aromatic rings. The third-order valence-electron chi connectivity index (χ3n) is 4.42. The summed E-state index contributed by atoms with van der Waals surface area (Å²) in [6, 6.07) is 7.97. The van der Waals surface area contributed by atoms with Crippen LogP contribution in [0.4, 0.5) is 11.4 Å². The summed E-state index contributed by atoms with van der Waals surface area (Å²) >= 11 is 12.2. The van der Waals surface area contributed by atoms with E-state index in [1.54, 1.807) is 12.1 Å². The molecule has 0 aromatic heterocycles. The van der Waals surface area contributed by atoms with Crippen LogP contribution in [-0.2, 0) is 0 Å². The first kappa shape index (κ1) is 19.9. The van der Waals surface area contributed by atoms with Crippen molar-refractivity contribution in [2.75, 3.05) is 5.32 Å². The van der Waals surface area contributed by atoms with E-state index in [-0.39, 0.29) is 15.8 Å². The fourth-order valence-electron chi connectivity index (χ4n) is 2.88. The van der Waals surface area contributed by atoms with Crippen LogP contribution in [0.25, 0.3) is 0 Å². The molecule has 0 bridgehead atoms. The molecule has 2 aromatic carbocycles. The molecule has 0 amide bonds. The highest BCUT2D eigenvalue weighted by atomic mass is 35.5. The molecule has 0 radical (unpaired) electrons. The van der Waals surface area contributed by atoms with Gasteiger partial charge in [0.25, 0.3) is 0 Å². The van der Waals surface area contributed by atoms with Gasteiger partial charge in [0.15, 0.2) is 5.75 Å². The highest BCUT2D eigenvalue weighted by Gasteiger charge is 2.18. The van der Waals surface area contributed by atoms with E-state index in [4.69, 9.17) is 23.2 Å². The van der Waals surface area contributed by atoms with Crippen LogP contribution >= 0.6 is 23.2 Å². The minimum absolute atomic E-state index is 0.0859. The molecule has 0 aliphatic rings. The number of benzene rings is 2. The summed E-state index contributed by atoms with van der Waals surface area (Å²) in [5.41, 5.74) is 5.77. The number of aromatic hydroxyl groups is 1. The zero-order chi connectivity index (χ0) is 18.9. The molecule has 2 rings (SSSR count). The van der Waals surface area contributed by atoms with Crippen LogP contribution < -0.4 is 5.32 Å². The molecule has 0 saturated carbocycles. The summed E-state index contributed by atoms with van der Waals surface area (Å²) in [7, 11) is 0. The van der Waals surface area contributed by atoms with Gasteiger partial charge < -0.3 is 10.4 Å². The number of phenols is 1. The summed E-state index contributed by atoms with van der Waals surface area (Å²) in [4.78, 5) is 0. The van der Waals surface area contributed by atoms with Gasteiger partial charge in [-0.05, 0) is 46.6 Å². The average molecular weight is 380 g/mol. The first-order valence-corrected chi connectivity index (χ1v) is 9.50. The van der Waals surface area contributed by atoms with Crippen molar-refractivity contribution in [2.45, 2.75) is 59.3 Å². The topological polar surface area (TPSA) is 32.3 Å². The molecule has 0 aliphatic carbocycles. The van der Waals surface area contributed by atoms with Gasteiger partial charge in [-0.1, -0.05) is 76.9 Å². The standard InChI is InChI=1S/C21H27Cl2NO/c1-11(2)14-7-16(12(3)4)20(17(8-14)13(5)6)24-15-9-18(22)21(25)19(23)10-15/h7-13,24-25H,1-6H3. The Morgan fingerprint density at radius 1 is 0.760 bits per heavy atom. The fraction of sp³-hybridized carbons (Fsp3) is 0.429. The summed E-state index contributed by atoms with van der Waals surface area (Å²) in [6.07, 6.45) is 0. The van der Waals surface area contributed by atoms with E-state index in [9.17, 15) is 5.11 Å². The predicted octanol–water partition coefficient (Wildman–Crippen LogP) is 7.81. The lowest BCUT2D eigenvalue weighted by Gasteiger charge is -2.24. The van der Waals surface area contributed by atoms with Crippen molar-refractivity contribution < 1.29 is 5.11 Å². The van der Waals surface area contributed by atoms with Crippen molar-refractivity contribution >= 4 is 34.6 Å². The molecule has 2 nitrogen and oxygen atoms in total. The second-order valence-corrected chi connectivity index (χ2v) is 8.27. The number of hydrogen-bond donors (Lipinski definition) is 2. The Hall–Kier alpha value is -1.38. The first-order chi connectivity index (χ1) is 11.6. The molecule has 0 atom stereocenters. The van der Waals surface area contributed by atoms with Gasteiger partial charge in [0.05, 0.1) is 10.0 Å². The fourth-order valence-corrected chi connectivity index (χ4v) is 3.37. The van der Waals surface area contributed by atoms with Crippen LogP contribution in [-0.4, -0.2) is 5.11 Å². The summed E-state index contributed by atoms with van der Waals surface area (Å²) in [6.45, 7) is 13.2. The Morgan fingerprint density at radius 3 is 1.56 bits per heavy atom. The average Bonchev–Trinajstić information content (AvgIpc) is 2.51. The second kappa shape index (κ2) is 7.88. The Balaban J connectivity index is 2.62. The Kier molecular flexibility index (Phi) is 6.29. The minimum Gasteiger partial charge on any atom is -0.505 e. The largest absolute Gasteiger partial charge is 0.505 e. The number of anilines is 2. The van der Waals surface area contributed by atoms with Gasteiger partial charge in [-0.2, -0.15) is 0 Å².